The van der Waals surface area contributed by atoms with Gasteiger partial charge in [0.05, 0.1) is 22.9 Å². The number of hydrogen-bond donors (Lipinski definition) is 4. The summed E-state index contributed by atoms with van der Waals surface area (Å²) in [4.78, 5) is 39.1. The second-order valence-electron chi connectivity index (χ2n) is 9.32. The lowest BCUT2D eigenvalue weighted by Gasteiger charge is -2.35. The van der Waals surface area contributed by atoms with Gasteiger partial charge in [-0.15, -0.1) is 0 Å². The van der Waals surface area contributed by atoms with E-state index in [2.05, 4.69) is 10.6 Å². The van der Waals surface area contributed by atoms with E-state index in [-0.39, 0.29) is 36.4 Å². The van der Waals surface area contributed by atoms with E-state index in [1.54, 1.807) is 24.3 Å². The highest BCUT2D eigenvalue weighted by Crippen LogP contribution is 2.25. The molecule has 0 radical (unpaired) electrons. The number of esters is 1. The van der Waals surface area contributed by atoms with Crippen LogP contribution < -0.4 is 10.6 Å². The second kappa shape index (κ2) is 14.4. The predicted octanol–water partition coefficient (Wildman–Crippen LogP) is 3.01. The molecule has 0 spiro atoms. The lowest BCUT2D eigenvalue weighted by atomic mass is 10.0. The minimum atomic E-state index is -1.31. The van der Waals surface area contributed by atoms with Crippen LogP contribution in [-0.4, -0.2) is 66.5 Å². The largest absolute Gasteiger partial charge is 0.459 e. The maximum Gasteiger partial charge on any atom is 0.411 e. The van der Waals surface area contributed by atoms with Crippen LogP contribution in [0.5, 0.6) is 0 Å². The van der Waals surface area contributed by atoms with Gasteiger partial charge in [-0.05, 0) is 23.3 Å². The summed E-state index contributed by atoms with van der Waals surface area (Å²) in [6.07, 6.45) is -5.12. The highest BCUT2D eigenvalue weighted by Gasteiger charge is 2.38. The van der Waals surface area contributed by atoms with Gasteiger partial charge in [0, 0.05) is 20.1 Å². The van der Waals surface area contributed by atoms with Crippen LogP contribution >= 0.6 is 0 Å². The summed E-state index contributed by atoms with van der Waals surface area (Å²) in [5.74, 6) is -1.44. The van der Waals surface area contributed by atoms with E-state index in [1.165, 1.54) is 25.3 Å². The summed E-state index contributed by atoms with van der Waals surface area (Å²) < 4.78 is 21.3. The Hall–Kier alpha value is -4.29. The third-order valence-electron chi connectivity index (χ3n) is 6.44. The van der Waals surface area contributed by atoms with Gasteiger partial charge in [-0.3, -0.25) is 10.1 Å². The first-order valence-corrected chi connectivity index (χ1v) is 13.0. The summed E-state index contributed by atoms with van der Waals surface area (Å²) in [6.45, 7) is -0.236. The van der Waals surface area contributed by atoms with Crippen LogP contribution in [-0.2, 0) is 32.1 Å². The molecule has 3 aromatic carbocycles. The average molecular weight is 565 g/mol. The second-order valence-corrected chi connectivity index (χ2v) is 9.32. The van der Waals surface area contributed by atoms with Crippen LogP contribution in [0.2, 0.25) is 0 Å². The molecule has 1 saturated heterocycles. The third kappa shape index (κ3) is 8.12. The van der Waals surface area contributed by atoms with Crippen molar-refractivity contribution in [2.45, 2.75) is 44.2 Å². The van der Waals surface area contributed by atoms with E-state index in [0.717, 1.165) is 11.1 Å². The number of methoxy groups -OCH3 is 1. The lowest BCUT2D eigenvalue weighted by Crippen LogP contribution is -2.50. The highest BCUT2D eigenvalue weighted by atomic mass is 16.7. The van der Waals surface area contributed by atoms with Gasteiger partial charge in [-0.1, -0.05) is 66.7 Å². The van der Waals surface area contributed by atoms with Crippen molar-refractivity contribution in [3.8, 4) is 0 Å². The molecule has 0 saturated carbocycles. The van der Waals surface area contributed by atoms with E-state index in [4.69, 9.17) is 18.9 Å². The predicted molar refractivity (Wildman–Crippen MR) is 147 cm³/mol. The molecule has 1 heterocycles. The first-order valence-electron chi connectivity index (χ1n) is 13.0. The van der Waals surface area contributed by atoms with Crippen LogP contribution in [0, 0.1) is 0 Å². The Morgan fingerprint density at radius 3 is 2.22 bits per heavy atom. The van der Waals surface area contributed by atoms with Gasteiger partial charge < -0.3 is 34.5 Å². The van der Waals surface area contributed by atoms with Crippen molar-refractivity contribution < 1.29 is 43.5 Å². The van der Waals surface area contributed by atoms with Crippen LogP contribution in [0.15, 0.2) is 78.9 Å². The molecule has 1 aliphatic heterocycles. The first-order chi connectivity index (χ1) is 19.9. The van der Waals surface area contributed by atoms with E-state index in [1.807, 2.05) is 36.4 Å². The molecule has 216 valence electrons. The minimum absolute atomic E-state index is 0.0101. The number of anilines is 1. The summed E-state index contributed by atoms with van der Waals surface area (Å²) in [7, 11) is 1.39. The average Bonchev–Trinajstić information content (AvgIpc) is 3.00. The SMILES string of the molecule is COC1C[C@@H](O)[C@H](O)[C@@H](COC(=O)c2cccc(C(=O)NCc3ccccc3)c2NC(=O)OCc2ccccc2)O1. The zero-order valence-electron chi connectivity index (χ0n) is 22.4. The number of ether oxygens (including phenoxy) is 4. The van der Waals surface area contributed by atoms with Gasteiger partial charge in [-0.25, -0.2) is 9.59 Å². The molecule has 41 heavy (non-hydrogen) atoms. The number of aliphatic hydroxyl groups is 2. The number of carbonyl (C=O) groups excluding carboxylic acids is 3. The van der Waals surface area contributed by atoms with Crippen molar-refractivity contribution in [3.63, 3.8) is 0 Å². The molecule has 1 fully saturated rings. The molecular weight excluding hydrogens is 532 g/mol. The number of aliphatic hydroxyl groups excluding tert-OH is 2. The Bertz CT molecular complexity index is 1320. The molecule has 1 unspecified atom stereocenters. The molecule has 4 atom stereocenters. The first kappa shape index (κ1) is 29.7. The summed E-state index contributed by atoms with van der Waals surface area (Å²) in [6, 6.07) is 22.6. The Kier molecular flexibility index (Phi) is 10.4. The van der Waals surface area contributed by atoms with Crippen molar-refractivity contribution >= 4 is 23.7 Å². The van der Waals surface area contributed by atoms with Crippen molar-refractivity contribution in [2.24, 2.45) is 0 Å². The van der Waals surface area contributed by atoms with E-state index in [0.29, 0.717) is 0 Å². The van der Waals surface area contributed by atoms with Crippen molar-refractivity contribution in [1.82, 2.24) is 5.32 Å². The van der Waals surface area contributed by atoms with Gasteiger partial charge in [0.25, 0.3) is 5.91 Å². The van der Waals surface area contributed by atoms with Gasteiger partial charge in [0.1, 0.15) is 25.4 Å². The minimum Gasteiger partial charge on any atom is -0.459 e. The molecule has 0 aliphatic carbocycles. The van der Waals surface area contributed by atoms with Gasteiger partial charge in [0.2, 0.25) is 0 Å². The van der Waals surface area contributed by atoms with Crippen molar-refractivity contribution in [2.75, 3.05) is 19.0 Å². The molecule has 4 N–H and O–H groups in total. The van der Waals surface area contributed by atoms with Crippen molar-refractivity contribution in [3.05, 3.63) is 101 Å². The number of benzene rings is 3. The number of carbonyl (C=O) groups is 3. The molecular formula is C30H32N2O9. The number of amides is 2. The number of rotatable bonds is 10. The van der Waals surface area contributed by atoms with Crippen molar-refractivity contribution in [1.29, 1.82) is 0 Å². The summed E-state index contributed by atoms with van der Waals surface area (Å²) in [5, 5.41) is 25.7. The number of para-hydroxylation sites is 1. The maximum absolute atomic E-state index is 13.2. The Labute approximate surface area is 237 Å². The van der Waals surface area contributed by atoms with E-state index in [9.17, 15) is 24.6 Å². The van der Waals surface area contributed by atoms with E-state index < -0.39 is 49.2 Å². The zero-order valence-corrected chi connectivity index (χ0v) is 22.4. The van der Waals surface area contributed by atoms with Crippen LogP contribution in [0.3, 0.4) is 0 Å². The fourth-order valence-electron chi connectivity index (χ4n) is 4.22. The molecule has 4 rings (SSSR count). The standard InChI is InChI=1S/C30H32N2O9/c1-38-25-15-23(33)27(34)24(41-25)18-39-29(36)22-14-8-13-21(28(35)31-16-19-9-4-2-5-10-19)26(22)32-30(37)40-17-20-11-6-3-7-12-20/h2-14,23-25,27,33-34H,15-18H2,1H3,(H,31,35)(H,32,37)/t23-,24-,25?,27+/m1/s1. The third-order valence-corrected chi connectivity index (χ3v) is 6.44. The molecule has 11 heteroatoms. The topological polar surface area (TPSA) is 153 Å². The summed E-state index contributed by atoms with van der Waals surface area (Å²) >= 11 is 0. The monoisotopic (exact) mass is 564 g/mol. The van der Waals surface area contributed by atoms with Crippen LogP contribution in [0.25, 0.3) is 0 Å². The molecule has 3 aromatic rings. The summed E-state index contributed by atoms with van der Waals surface area (Å²) in [5.41, 5.74) is 1.38. The number of hydrogen-bond acceptors (Lipinski definition) is 9. The molecule has 1 aliphatic rings. The van der Waals surface area contributed by atoms with Gasteiger partial charge >= 0.3 is 12.1 Å². The van der Waals surface area contributed by atoms with Crippen LogP contribution in [0.4, 0.5) is 10.5 Å². The highest BCUT2D eigenvalue weighted by molar-refractivity contribution is 6.09. The molecule has 0 bridgehead atoms. The normalized spacial score (nSPS) is 20.1. The number of nitrogens with one attached hydrogen (secondary N) is 2. The Balaban J connectivity index is 1.52. The van der Waals surface area contributed by atoms with Gasteiger partial charge in [-0.2, -0.15) is 0 Å². The Morgan fingerprint density at radius 2 is 1.54 bits per heavy atom. The Morgan fingerprint density at radius 1 is 0.878 bits per heavy atom. The smallest absolute Gasteiger partial charge is 0.411 e. The fourth-order valence-corrected chi connectivity index (χ4v) is 4.22. The fraction of sp³-hybridized carbons (Fsp3) is 0.300. The van der Waals surface area contributed by atoms with Crippen LogP contribution in [0.1, 0.15) is 38.3 Å². The molecule has 11 nitrogen and oxygen atoms in total. The van der Waals surface area contributed by atoms with Gasteiger partial charge in [0.15, 0.2) is 6.29 Å². The quantitative estimate of drug-likeness (QED) is 0.272. The van der Waals surface area contributed by atoms with E-state index >= 15 is 0 Å². The zero-order chi connectivity index (χ0) is 29.2. The molecule has 0 aromatic heterocycles. The maximum atomic E-state index is 13.2. The lowest BCUT2D eigenvalue weighted by molar-refractivity contribution is -0.248. The molecule has 2 amide bonds.